The summed E-state index contributed by atoms with van der Waals surface area (Å²) in [5, 5.41) is 0. The Bertz CT molecular complexity index is 245. The second kappa shape index (κ2) is 4.53. The van der Waals surface area contributed by atoms with Crippen molar-refractivity contribution < 1.29 is 0 Å². The van der Waals surface area contributed by atoms with Crippen LogP contribution in [0.3, 0.4) is 0 Å². The van der Waals surface area contributed by atoms with Gasteiger partial charge >= 0.3 is 115 Å². The quantitative estimate of drug-likeness (QED) is 0.634. The molecule has 17 heavy (non-hydrogen) atoms. The summed E-state index contributed by atoms with van der Waals surface area (Å²) in [6.07, 6.45) is 0. The van der Waals surface area contributed by atoms with Crippen molar-refractivity contribution in [2.75, 3.05) is 6.54 Å². The van der Waals surface area contributed by atoms with Gasteiger partial charge in [0.15, 0.2) is 0 Å². The maximum atomic E-state index is 2.79. The van der Waals surface area contributed by atoms with E-state index in [2.05, 4.69) is 70.0 Å². The average molecular weight is 299 g/mol. The van der Waals surface area contributed by atoms with Crippen LogP contribution < -0.4 is 0 Å². The summed E-state index contributed by atoms with van der Waals surface area (Å²) < 4.78 is 5.52. The fraction of sp³-hybridized carbons (Fsp3) is 1.00. The third-order valence-corrected chi connectivity index (χ3v) is 8.24. The fourth-order valence-electron chi connectivity index (χ4n) is 2.20. The van der Waals surface area contributed by atoms with Gasteiger partial charge in [-0.3, -0.25) is 0 Å². The maximum absolute atomic E-state index is 2.79. The van der Waals surface area contributed by atoms with Crippen molar-refractivity contribution in [1.29, 1.82) is 0 Å². The van der Waals surface area contributed by atoms with Crippen molar-refractivity contribution in [3.63, 3.8) is 0 Å². The number of hydrogen-bond donors (Lipinski definition) is 0. The van der Waals surface area contributed by atoms with Crippen molar-refractivity contribution >= 4 is 15.9 Å². The second-order valence-corrected chi connectivity index (χ2v) is 10.9. The van der Waals surface area contributed by atoms with E-state index in [1.54, 1.807) is 0 Å². The van der Waals surface area contributed by atoms with E-state index in [-0.39, 0.29) is 15.9 Å². The van der Waals surface area contributed by atoms with Gasteiger partial charge in [0.1, 0.15) is 0 Å². The first-order valence-electron chi connectivity index (χ1n) is 6.67. The Labute approximate surface area is 115 Å². The Balaban J connectivity index is 2.96. The Morgan fingerprint density at radius 1 is 0.824 bits per heavy atom. The molecule has 1 heterocycles. The molecule has 0 spiro atoms. The molecule has 1 aliphatic heterocycles. The van der Waals surface area contributed by atoms with Crippen LogP contribution in [0.25, 0.3) is 0 Å². The van der Waals surface area contributed by atoms with E-state index in [0.29, 0.717) is 22.5 Å². The van der Waals surface area contributed by atoms with Gasteiger partial charge in [-0.25, -0.2) is 0 Å². The van der Waals surface area contributed by atoms with Crippen molar-refractivity contribution in [3.05, 3.63) is 0 Å². The molecule has 3 heteroatoms. The van der Waals surface area contributed by atoms with Crippen LogP contribution in [0.1, 0.15) is 62.3 Å². The third kappa shape index (κ3) is 3.71. The zero-order chi connectivity index (χ0) is 13.6. The van der Waals surface area contributed by atoms with Crippen LogP contribution >= 0.6 is 0 Å². The van der Waals surface area contributed by atoms with Crippen LogP contribution in [0.4, 0.5) is 0 Å². The Hall–Kier alpha value is 0.463. The monoisotopic (exact) mass is 300 g/mol. The summed E-state index contributed by atoms with van der Waals surface area (Å²) in [5.74, 6) is 0. The SMILES string of the molecule is CC(C)(C)[C@@H]1C[N](C(C)(C)C)[Ge][N]1C(C)(C)C. The van der Waals surface area contributed by atoms with Gasteiger partial charge in [-0.15, -0.1) is 0 Å². The van der Waals surface area contributed by atoms with Gasteiger partial charge in [-0.1, -0.05) is 0 Å². The Morgan fingerprint density at radius 2 is 1.29 bits per heavy atom. The van der Waals surface area contributed by atoms with E-state index in [4.69, 9.17) is 0 Å². The number of rotatable bonds is 0. The van der Waals surface area contributed by atoms with Crippen LogP contribution in [0, 0.1) is 5.41 Å². The topological polar surface area (TPSA) is 6.48 Å². The average Bonchev–Trinajstić information content (AvgIpc) is 2.42. The zero-order valence-electron chi connectivity index (χ0n) is 13.2. The third-order valence-electron chi connectivity index (χ3n) is 3.43. The summed E-state index contributed by atoms with van der Waals surface area (Å²) in [5.41, 5.74) is 0.998. The molecule has 2 radical (unpaired) electrons. The molecular weight excluding hydrogens is 269 g/mol. The van der Waals surface area contributed by atoms with E-state index in [1.807, 2.05) is 0 Å². The first-order valence-corrected chi connectivity index (χ1v) is 8.54. The van der Waals surface area contributed by atoms with Crippen LogP contribution in [0.15, 0.2) is 0 Å². The molecule has 0 aliphatic carbocycles. The van der Waals surface area contributed by atoms with Crippen molar-refractivity contribution in [2.24, 2.45) is 5.41 Å². The predicted octanol–water partition coefficient (Wildman–Crippen LogP) is 3.15. The molecule has 0 saturated carbocycles. The second-order valence-electron chi connectivity index (χ2n) is 8.30. The summed E-state index contributed by atoms with van der Waals surface area (Å²) in [6.45, 7) is 22.5. The molecule has 0 aromatic carbocycles. The Kier molecular flexibility index (Phi) is 4.14. The van der Waals surface area contributed by atoms with Crippen LogP contribution in [0.2, 0.25) is 0 Å². The first-order chi connectivity index (χ1) is 7.33. The van der Waals surface area contributed by atoms with Gasteiger partial charge in [-0.05, 0) is 0 Å². The van der Waals surface area contributed by atoms with Crippen LogP contribution in [-0.4, -0.2) is 47.3 Å². The summed E-state index contributed by atoms with van der Waals surface area (Å²) in [7, 11) is 0. The van der Waals surface area contributed by atoms with Crippen LogP contribution in [0.5, 0.6) is 0 Å². The van der Waals surface area contributed by atoms with Gasteiger partial charge in [0.05, 0.1) is 0 Å². The molecule has 100 valence electrons. The van der Waals surface area contributed by atoms with Gasteiger partial charge in [0.25, 0.3) is 0 Å². The normalized spacial score (nSPS) is 25.6. The molecule has 2 nitrogen and oxygen atoms in total. The minimum atomic E-state index is -0.159. The van der Waals surface area contributed by atoms with E-state index >= 15 is 0 Å². The number of nitrogens with zero attached hydrogens (tertiary/aromatic N) is 2. The van der Waals surface area contributed by atoms with Gasteiger partial charge < -0.3 is 0 Å². The van der Waals surface area contributed by atoms with Gasteiger partial charge in [-0.2, -0.15) is 0 Å². The first kappa shape index (κ1) is 15.5. The molecule has 0 bridgehead atoms. The zero-order valence-corrected chi connectivity index (χ0v) is 15.3. The van der Waals surface area contributed by atoms with E-state index in [0.717, 1.165) is 0 Å². The predicted molar refractivity (Wildman–Crippen MR) is 77.0 cm³/mol. The summed E-state index contributed by atoms with van der Waals surface area (Å²) in [4.78, 5) is 0. The molecule has 0 unspecified atom stereocenters. The van der Waals surface area contributed by atoms with E-state index in [1.165, 1.54) is 6.54 Å². The fourth-order valence-corrected chi connectivity index (χ4v) is 5.81. The van der Waals surface area contributed by atoms with Crippen molar-refractivity contribution in [2.45, 2.75) is 79.4 Å². The molecule has 1 rings (SSSR count). The van der Waals surface area contributed by atoms with Crippen LogP contribution in [-0.2, 0) is 0 Å². The standard InChI is InChI=1S/C14H30GeN2/c1-12(2,3)11-10-16(13(4,5)6)15-17(11)14(7,8)9/h11H,10H2,1-9H3/t11-/m0/s1. The molecule has 1 aliphatic rings. The van der Waals surface area contributed by atoms with Gasteiger partial charge in [0.2, 0.25) is 0 Å². The van der Waals surface area contributed by atoms with Gasteiger partial charge in [0, 0.05) is 0 Å². The molecule has 1 fully saturated rings. The molecule has 0 N–H and O–H groups in total. The van der Waals surface area contributed by atoms with E-state index in [9.17, 15) is 0 Å². The molecule has 0 amide bonds. The summed E-state index contributed by atoms with van der Waals surface area (Å²) >= 11 is -0.159. The molecule has 0 aromatic heterocycles. The molecule has 0 aromatic rings. The molecule has 1 atom stereocenters. The van der Waals surface area contributed by atoms with E-state index < -0.39 is 0 Å². The summed E-state index contributed by atoms with van der Waals surface area (Å²) in [6, 6.07) is 0.696. The number of hydrogen-bond acceptors (Lipinski definition) is 2. The minimum absolute atomic E-state index is 0.159. The molecule has 1 saturated heterocycles. The van der Waals surface area contributed by atoms with Crippen molar-refractivity contribution in [1.82, 2.24) is 7.71 Å². The Morgan fingerprint density at radius 3 is 1.53 bits per heavy atom. The molecular formula is C14H30GeN2. The van der Waals surface area contributed by atoms with Crippen molar-refractivity contribution in [3.8, 4) is 0 Å².